The van der Waals surface area contributed by atoms with E-state index >= 15 is 0 Å². The van der Waals surface area contributed by atoms with E-state index in [0.29, 0.717) is 0 Å². The first-order chi connectivity index (χ1) is 5.68. The SMILES string of the molecule is N[C@@H]1CC2CC[C@@H](C1)N2C(=O)O. The molecule has 4 heteroatoms. The Morgan fingerprint density at radius 2 is 1.83 bits per heavy atom. The molecule has 0 aliphatic carbocycles. The number of carbonyl (C=O) groups is 1. The number of nitrogens with zero attached hydrogens (tertiary/aromatic N) is 1. The van der Waals surface area contributed by atoms with E-state index in [1.165, 1.54) is 0 Å². The van der Waals surface area contributed by atoms with Gasteiger partial charge in [-0.05, 0) is 25.7 Å². The van der Waals surface area contributed by atoms with Gasteiger partial charge in [0, 0.05) is 18.1 Å². The van der Waals surface area contributed by atoms with Gasteiger partial charge in [0.25, 0.3) is 0 Å². The lowest BCUT2D eigenvalue weighted by molar-refractivity contribution is 0.0973. The molecule has 3 N–H and O–H groups in total. The molecule has 1 amide bonds. The third-order valence-corrected chi connectivity index (χ3v) is 2.99. The highest BCUT2D eigenvalue weighted by atomic mass is 16.4. The molecular weight excluding hydrogens is 156 g/mol. The number of piperidine rings is 1. The van der Waals surface area contributed by atoms with Crippen molar-refractivity contribution in [3.05, 3.63) is 0 Å². The number of rotatable bonds is 0. The number of carboxylic acid groups (broad SMARTS) is 1. The molecule has 3 atom stereocenters. The second-order valence-corrected chi connectivity index (χ2v) is 3.81. The fraction of sp³-hybridized carbons (Fsp3) is 0.875. The Morgan fingerprint density at radius 1 is 1.33 bits per heavy atom. The zero-order valence-electron chi connectivity index (χ0n) is 6.94. The van der Waals surface area contributed by atoms with E-state index in [1.54, 1.807) is 4.90 Å². The van der Waals surface area contributed by atoms with Crippen LogP contribution in [-0.2, 0) is 0 Å². The number of amides is 1. The number of hydrogen-bond acceptors (Lipinski definition) is 2. The highest BCUT2D eigenvalue weighted by Gasteiger charge is 2.42. The van der Waals surface area contributed by atoms with Gasteiger partial charge in [0.2, 0.25) is 0 Å². The van der Waals surface area contributed by atoms with Crippen LogP contribution in [0.25, 0.3) is 0 Å². The van der Waals surface area contributed by atoms with Crippen molar-refractivity contribution in [3.63, 3.8) is 0 Å². The van der Waals surface area contributed by atoms with Gasteiger partial charge >= 0.3 is 6.09 Å². The van der Waals surface area contributed by atoms with E-state index in [1.807, 2.05) is 0 Å². The maximum Gasteiger partial charge on any atom is 0.407 e. The normalized spacial score (nSPS) is 40.1. The smallest absolute Gasteiger partial charge is 0.407 e. The molecule has 1 unspecified atom stereocenters. The van der Waals surface area contributed by atoms with Crippen LogP contribution >= 0.6 is 0 Å². The molecule has 0 radical (unpaired) electrons. The van der Waals surface area contributed by atoms with Crippen molar-refractivity contribution in [2.75, 3.05) is 0 Å². The fourth-order valence-electron chi connectivity index (χ4n) is 2.53. The molecule has 0 spiro atoms. The van der Waals surface area contributed by atoms with Crippen molar-refractivity contribution in [2.45, 2.75) is 43.8 Å². The molecule has 4 nitrogen and oxygen atoms in total. The zero-order valence-corrected chi connectivity index (χ0v) is 6.94. The molecule has 0 saturated carbocycles. The first kappa shape index (κ1) is 7.86. The minimum absolute atomic E-state index is 0.205. The largest absolute Gasteiger partial charge is 0.465 e. The van der Waals surface area contributed by atoms with Gasteiger partial charge < -0.3 is 15.7 Å². The van der Waals surface area contributed by atoms with Gasteiger partial charge in [-0.15, -0.1) is 0 Å². The zero-order chi connectivity index (χ0) is 8.72. The van der Waals surface area contributed by atoms with Gasteiger partial charge in [0.05, 0.1) is 0 Å². The maximum absolute atomic E-state index is 10.8. The van der Waals surface area contributed by atoms with Crippen LogP contribution in [-0.4, -0.2) is 34.2 Å². The summed E-state index contributed by atoms with van der Waals surface area (Å²) >= 11 is 0. The lowest BCUT2D eigenvalue weighted by Crippen LogP contribution is -2.49. The minimum Gasteiger partial charge on any atom is -0.465 e. The lowest BCUT2D eigenvalue weighted by Gasteiger charge is -2.35. The Balaban J connectivity index is 2.14. The molecule has 2 saturated heterocycles. The molecule has 2 rings (SSSR count). The molecule has 2 bridgehead atoms. The molecule has 12 heavy (non-hydrogen) atoms. The maximum atomic E-state index is 10.8. The summed E-state index contributed by atoms with van der Waals surface area (Å²) in [4.78, 5) is 12.4. The Labute approximate surface area is 71.3 Å². The topological polar surface area (TPSA) is 66.6 Å². The summed E-state index contributed by atoms with van der Waals surface area (Å²) in [5.74, 6) is 0. The standard InChI is InChI=1S/C8H14N2O2/c9-5-3-6-1-2-7(4-5)10(6)8(11)12/h5-7H,1-4,9H2,(H,11,12)/t5-,6-,7?/m0/s1. The Kier molecular flexibility index (Phi) is 1.72. The number of nitrogens with two attached hydrogens (primary N) is 1. The Bertz CT molecular complexity index is 193. The van der Waals surface area contributed by atoms with Crippen molar-refractivity contribution in [1.29, 1.82) is 0 Å². The average molecular weight is 170 g/mol. The molecule has 2 heterocycles. The van der Waals surface area contributed by atoms with Crippen LogP contribution in [0.3, 0.4) is 0 Å². The number of fused-ring (bicyclic) bond motifs is 2. The van der Waals surface area contributed by atoms with Crippen molar-refractivity contribution in [3.8, 4) is 0 Å². The molecule has 0 aromatic heterocycles. The quantitative estimate of drug-likeness (QED) is 0.560. The summed E-state index contributed by atoms with van der Waals surface area (Å²) in [5.41, 5.74) is 5.80. The van der Waals surface area contributed by atoms with Crippen molar-refractivity contribution < 1.29 is 9.90 Å². The van der Waals surface area contributed by atoms with E-state index in [2.05, 4.69) is 0 Å². The summed E-state index contributed by atoms with van der Waals surface area (Å²) in [5, 5.41) is 8.89. The summed E-state index contributed by atoms with van der Waals surface area (Å²) < 4.78 is 0. The first-order valence-electron chi connectivity index (χ1n) is 4.45. The highest BCUT2D eigenvalue weighted by Crippen LogP contribution is 2.34. The molecular formula is C8H14N2O2. The van der Waals surface area contributed by atoms with E-state index in [4.69, 9.17) is 10.8 Å². The molecule has 0 aromatic carbocycles. The van der Waals surface area contributed by atoms with Crippen molar-refractivity contribution in [2.24, 2.45) is 5.73 Å². The number of hydrogen-bond donors (Lipinski definition) is 2. The summed E-state index contributed by atoms with van der Waals surface area (Å²) in [7, 11) is 0. The predicted octanol–water partition coefficient (Wildman–Crippen LogP) is 0.618. The molecule has 2 aliphatic rings. The lowest BCUT2D eigenvalue weighted by atomic mass is 9.99. The van der Waals surface area contributed by atoms with E-state index < -0.39 is 6.09 Å². The van der Waals surface area contributed by atoms with E-state index in [0.717, 1.165) is 25.7 Å². The Morgan fingerprint density at radius 3 is 2.25 bits per heavy atom. The molecule has 2 aliphatic heterocycles. The van der Waals surface area contributed by atoms with Gasteiger partial charge in [0.15, 0.2) is 0 Å². The monoisotopic (exact) mass is 170 g/mol. The Hall–Kier alpha value is -0.770. The highest BCUT2D eigenvalue weighted by molar-refractivity contribution is 5.66. The summed E-state index contributed by atoms with van der Waals surface area (Å²) in [6.07, 6.45) is 2.94. The minimum atomic E-state index is -0.769. The fourth-order valence-corrected chi connectivity index (χ4v) is 2.53. The van der Waals surface area contributed by atoms with E-state index in [-0.39, 0.29) is 18.1 Å². The third kappa shape index (κ3) is 1.06. The van der Waals surface area contributed by atoms with Crippen molar-refractivity contribution in [1.82, 2.24) is 4.90 Å². The van der Waals surface area contributed by atoms with Gasteiger partial charge in [0.1, 0.15) is 0 Å². The van der Waals surface area contributed by atoms with E-state index in [9.17, 15) is 4.79 Å². The average Bonchev–Trinajstić information content (AvgIpc) is 2.24. The van der Waals surface area contributed by atoms with Crippen LogP contribution < -0.4 is 5.73 Å². The second-order valence-electron chi connectivity index (χ2n) is 3.81. The van der Waals surface area contributed by atoms with Crippen LogP contribution in [0.15, 0.2) is 0 Å². The van der Waals surface area contributed by atoms with Gasteiger partial charge in [-0.2, -0.15) is 0 Å². The van der Waals surface area contributed by atoms with Gasteiger partial charge in [-0.3, -0.25) is 0 Å². The summed E-state index contributed by atoms with van der Waals surface area (Å²) in [6, 6.07) is 0.630. The molecule has 2 fully saturated rings. The van der Waals surface area contributed by atoms with Gasteiger partial charge in [-0.1, -0.05) is 0 Å². The molecule has 0 aromatic rings. The second kappa shape index (κ2) is 2.62. The van der Waals surface area contributed by atoms with Crippen LogP contribution in [0.4, 0.5) is 4.79 Å². The van der Waals surface area contributed by atoms with Crippen LogP contribution in [0.5, 0.6) is 0 Å². The van der Waals surface area contributed by atoms with Gasteiger partial charge in [-0.25, -0.2) is 4.79 Å². The third-order valence-electron chi connectivity index (χ3n) is 2.99. The van der Waals surface area contributed by atoms with Crippen LogP contribution in [0, 0.1) is 0 Å². The van der Waals surface area contributed by atoms with Crippen LogP contribution in [0.1, 0.15) is 25.7 Å². The molecule has 68 valence electrons. The summed E-state index contributed by atoms with van der Waals surface area (Å²) in [6.45, 7) is 0. The first-order valence-corrected chi connectivity index (χ1v) is 4.45. The van der Waals surface area contributed by atoms with Crippen LogP contribution in [0.2, 0.25) is 0 Å². The van der Waals surface area contributed by atoms with Crippen molar-refractivity contribution >= 4 is 6.09 Å². The predicted molar refractivity (Wildman–Crippen MR) is 43.9 cm³/mol.